The van der Waals surface area contributed by atoms with Crippen molar-refractivity contribution in [2.24, 2.45) is 0 Å². The molecule has 0 saturated carbocycles. The van der Waals surface area contributed by atoms with Crippen molar-refractivity contribution < 1.29 is 0 Å². The molecule has 0 N–H and O–H groups in total. The smallest absolute Gasteiger partial charge is 0.0555 e. The first-order chi connectivity index (χ1) is 13.3. The molecule has 2 heteroatoms. The van der Waals surface area contributed by atoms with E-state index in [0.29, 0.717) is 0 Å². The minimum Gasteiger partial charge on any atom is -0.309 e. The lowest BCUT2D eigenvalue weighted by molar-refractivity contribution is 1.18. The molecule has 2 aromatic heterocycles. The highest BCUT2D eigenvalue weighted by atomic mass is 32.1. The third-order valence-corrected chi connectivity index (χ3v) is 6.63. The Labute approximate surface area is 161 Å². The molecule has 2 heterocycles. The number of nitrogens with zero attached hydrogens (tertiary/aromatic N) is 1. The van der Waals surface area contributed by atoms with Gasteiger partial charge in [-0.05, 0) is 42.8 Å². The normalized spacial score (nSPS) is 11.9. The Morgan fingerprint density at radius 3 is 2.33 bits per heavy atom. The number of aryl methyl sites for hydroxylation is 1. The second-order valence-electron chi connectivity index (χ2n) is 7.13. The van der Waals surface area contributed by atoms with Gasteiger partial charge in [0.25, 0.3) is 0 Å². The van der Waals surface area contributed by atoms with Crippen molar-refractivity contribution in [3.8, 4) is 5.69 Å². The summed E-state index contributed by atoms with van der Waals surface area (Å²) in [6.45, 7) is 2.17. The molecule has 0 aliphatic rings. The number of aromatic nitrogens is 1. The molecular formula is C25H17NS. The Balaban J connectivity index is 1.87. The largest absolute Gasteiger partial charge is 0.309 e. The van der Waals surface area contributed by atoms with E-state index >= 15 is 0 Å². The lowest BCUT2D eigenvalue weighted by atomic mass is 10.1. The van der Waals surface area contributed by atoms with Crippen LogP contribution in [0, 0.1) is 6.92 Å². The molecule has 0 bridgehead atoms. The van der Waals surface area contributed by atoms with E-state index in [1.54, 1.807) is 0 Å². The van der Waals surface area contributed by atoms with Crippen LogP contribution >= 0.6 is 11.3 Å². The maximum absolute atomic E-state index is 2.39. The van der Waals surface area contributed by atoms with Crippen LogP contribution in [0.2, 0.25) is 0 Å². The first-order valence-electron chi connectivity index (χ1n) is 9.22. The summed E-state index contributed by atoms with van der Waals surface area (Å²) in [6, 6.07) is 30.8. The summed E-state index contributed by atoms with van der Waals surface area (Å²) in [4.78, 5) is 0. The number of hydrogen-bond acceptors (Lipinski definition) is 1. The Bertz CT molecular complexity index is 1470. The summed E-state index contributed by atoms with van der Waals surface area (Å²) in [6.07, 6.45) is 0. The van der Waals surface area contributed by atoms with E-state index in [1.165, 1.54) is 53.2 Å². The molecule has 0 spiro atoms. The Morgan fingerprint density at radius 2 is 1.44 bits per heavy atom. The van der Waals surface area contributed by atoms with E-state index in [4.69, 9.17) is 0 Å². The minimum atomic E-state index is 1.21. The Hall–Kier alpha value is -3.10. The molecule has 1 nitrogen and oxygen atoms in total. The molecule has 0 unspecified atom stereocenters. The third-order valence-electron chi connectivity index (χ3n) is 5.44. The maximum atomic E-state index is 2.39. The van der Waals surface area contributed by atoms with Gasteiger partial charge < -0.3 is 4.57 Å². The van der Waals surface area contributed by atoms with Crippen molar-refractivity contribution >= 4 is 53.3 Å². The number of thiophene rings is 1. The van der Waals surface area contributed by atoms with Crippen molar-refractivity contribution in [3.05, 3.63) is 90.5 Å². The van der Waals surface area contributed by atoms with Crippen LogP contribution in [0.15, 0.2) is 84.9 Å². The van der Waals surface area contributed by atoms with Crippen LogP contribution in [-0.2, 0) is 0 Å². The fourth-order valence-electron chi connectivity index (χ4n) is 4.25. The van der Waals surface area contributed by atoms with E-state index in [1.807, 2.05) is 11.3 Å². The summed E-state index contributed by atoms with van der Waals surface area (Å²) in [5.41, 5.74) is 5.06. The molecule has 0 radical (unpaired) electrons. The highest BCUT2D eigenvalue weighted by molar-refractivity contribution is 7.26. The summed E-state index contributed by atoms with van der Waals surface area (Å²) in [5.74, 6) is 0. The minimum absolute atomic E-state index is 1.21. The zero-order valence-corrected chi connectivity index (χ0v) is 15.8. The van der Waals surface area contributed by atoms with Crippen molar-refractivity contribution in [2.75, 3.05) is 0 Å². The van der Waals surface area contributed by atoms with Gasteiger partial charge in [0.2, 0.25) is 0 Å². The number of para-hydroxylation sites is 2. The summed E-state index contributed by atoms with van der Waals surface area (Å²) in [7, 11) is 0. The van der Waals surface area contributed by atoms with Crippen LogP contribution in [-0.4, -0.2) is 4.57 Å². The van der Waals surface area contributed by atoms with Crippen LogP contribution in [0.4, 0.5) is 0 Å². The van der Waals surface area contributed by atoms with E-state index in [0.717, 1.165) is 0 Å². The first-order valence-corrected chi connectivity index (χ1v) is 10.0. The van der Waals surface area contributed by atoms with Crippen molar-refractivity contribution in [2.45, 2.75) is 6.92 Å². The van der Waals surface area contributed by atoms with Crippen LogP contribution < -0.4 is 0 Å². The number of benzene rings is 4. The van der Waals surface area contributed by atoms with Crippen molar-refractivity contribution in [3.63, 3.8) is 0 Å². The lowest BCUT2D eigenvalue weighted by Gasteiger charge is -2.07. The zero-order valence-electron chi connectivity index (χ0n) is 14.9. The maximum Gasteiger partial charge on any atom is 0.0555 e. The highest BCUT2D eigenvalue weighted by Crippen LogP contribution is 2.43. The van der Waals surface area contributed by atoms with Gasteiger partial charge in [0.05, 0.1) is 11.0 Å². The topological polar surface area (TPSA) is 4.93 Å². The number of fused-ring (bicyclic) bond motifs is 7. The average molecular weight is 363 g/mol. The van der Waals surface area contributed by atoms with Crippen molar-refractivity contribution in [1.82, 2.24) is 4.57 Å². The highest BCUT2D eigenvalue weighted by Gasteiger charge is 2.16. The summed E-state index contributed by atoms with van der Waals surface area (Å²) >= 11 is 1.92. The van der Waals surface area contributed by atoms with Crippen LogP contribution in [0.25, 0.3) is 47.7 Å². The quantitative estimate of drug-likeness (QED) is 0.286. The molecule has 4 aromatic carbocycles. The molecule has 0 aliphatic heterocycles. The van der Waals surface area contributed by atoms with Gasteiger partial charge in [-0.2, -0.15) is 0 Å². The van der Waals surface area contributed by atoms with E-state index in [9.17, 15) is 0 Å². The van der Waals surface area contributed by atoms with Gasteiger partial charge in [-0.25, -0.2) is 0 Å². The standard InChI is InChI=1S/C25H17NS/c1-16-11-12-18-19-13-14-22-24(25(19)27-23(18)15-16)20-9-5-6-10-21(20)26(22)17-7-3-2-4-8-17/h2-15H,1H3. The van der Waals surface area contributed by atoms with E-state index in [2.05, 4.69) is 96.4 Å². The van der Waals surface area contributed by atoms with Crippen LogP contribution in [0.3, 0.4) is 0 Å². The fourth-order valence-corrected chi connectivity index (χ4v) is 5.61. The molecular weight excluding hydrogens is 346 g/mol. The molecule has 27 heavy (non-hydrogen) atoms. The van der Waals surface area contributed by atoms with Gasteiger partial charge in [0.15, 0.2) is 0 Å². The van der Waals surface area contributed by atoms with Gasteiger partial charge in [-0.15, -0.1) is 11.3 Å². The molecule has 0 fully saturated rings. The second kappa shape index (κ2) is 5.45. The molecule has 0 aliphatic carbocycles. The third kappa shape index (κ3) is 2.05. The van der Waals surface area contributed by atoms with Gasteiger partial charge in [-0.3, -0.25) is 0 Å². The SMILES string of the molecule is Cc1ccc2c(c1)sc1c2ccc2c1c1ccccc1n2-c1ccccc1. The summed E-state index contributed by atoms with van der Waals surface area (Å²) < 4.78 is 5.15. The number of rotatable bonds is 1. The van der Waals surface area contributed by atoms with Gasteiger partial charge in [0, 0.05) is 36.6 Å². The van der Waals surface area contributed by atoms with Gasteiger partial charge in [0.1, 0.15) is 0 Å². The lowest BCUT2D eigenvalue weighted by Crippen LogP contribution is -1.92. The predicted octanol–water partition coefficient (Wildman–Crippen LogP) is 7.46. The fraction of sp³-hybridized carbons (Fsp3) is 0.0400. The molecule has 128 valence electrons. The summed E-state index contributed by atoms with van der Waals surface area (Å²) in [5, 5.41) is 5.41. The van der Waals surface area contributed by atoms with Crippen LogP contribution in [0.5, 0.6) is 0 Å². The molecule has 0 atom stereocenters. The van der Waals surface area contributed by atoms with E-state index < -0.39 is 0 Å². The average Bonchev–Trinajstić information content (AvgIpc) is 3.23. The Morgan fingerprint density at radius 1 is 0.667 bits per heavy atom. The van der Waals surface area contributed by atoms with Crippen molar-refractivity contribution in [1.29, 1.82) is 0 Å². The monoisotopic (exact) mass is 363 g/mol. The molecule has 0 amide bonds. The molecule has 6 aromatic rings. The van der Waals surface area contributed by atoms with Crippen LogP contribution in [0.1, 0.15) is 5.56 Å². The van der Waals surface area contributed by atoms with Gasteiger partial charge in [-0.1, -0.05) is 54.6 Å². The molecule has 6 rings (SSSR count). The molecule has 0 saturated heterocycles. The van der Waals surface area contributed by atoms with Gasteiger partial charge >= 0.3 is 0 Å². The first kappa shape index (κ1) is 15.0. The second-order valence-corrected chi connectivity index (χ2v) is 8.18. The van der Waals surface area contributed by atoms with E-state index in [-0.39, 0.29) is 0 Å². The predicted molar refractivity (Wildman–Crippen MR) is 118 cm³/mol. The number of hydrogen-bond donors (Lipinski definition) is 0. The Kier molecular flexibility index (Phi) is 3.03. The zero-order chi connectivity index (χ0) is 18.0.